The zero-order valence-corrected chi connectivity index (χ0v) is 12.0. The molecule has 0 amide bonds. The smallest absolute Gasteiger partial charge is 0.140 e. The highest BCUT2D eigenvalue weighted by molar-refractivity contribution is 5.34. The van der Waals surface area contributed by atoms with Crippen LogP contribution in [0.4, 0.5) is 4.39 Å². The summed E-state index contributed by atoms with van der Waals surface area (Å²) in [7, 11) is 2.00. The van der Waals surface area contributed by atoms with E-state index in [1.165, 1.54) is 25.3 Å². The summed E-state index contributed by atoms with van der Waals surface area (Å²) in [6.45, 7) is 4.09. The van der Waals surface area contributed by atoms with Crippen molar-refractivity contribution in [2.75, 3.05) is 26.7 Å². The molecule has 20 heavy (non-hydrogen) atoms. The molecule has 0 radical (unpaired) electrons. The van der Waals surface area contributed by atoms with E-state index in [-0.39, 0.29) is 5.56 Å². The predicted octanol–water partition coefficient (Wildman–Crippen LogP) is 2.52. The molecule has 4 heteroatoms. The first-order chi connectivity index (χ1) is 9.72. The number of halogens is 1. The lowest BCUT2D eigenvalue weighted by atomic mass is 9.93. The second-order valence-electron chi connectivity index (χ2n) is 5.54. The number of nitrogens with one attached hydrogen (secondary N) is 1. The highest BCUT2D eigenvalue weighted by Crippen LogP contribution is 2.22. The molecule has 1 saturated heterocycles. The first-order valence-corrected chi connectivity index (χ1v) is 7.28. The Morgan fingerprint density at radius 3 is 2.80 bits per heavy atom. The van der Waals surface area contributed by atoms with Gasteiger partial charge >= 0.3 is 0 Å². The van der Waals surface area contributed by atoms with Gasteiger partial charge in [0, 0.05) is 6.54 Å². The summed E-state index contributed by atoms with van der Waals surface area (Å²) in [5.74, 6) is 0.392. The van der Waals surface area contributed by atoms with Crippen LogP contribution in [0.5, 0.6) is 0 Å². The number of benzene rings is 1. The average Bonchev–Trinajstić information content (AvgIpc) is 2.48. The molecule has 0 bridgehead atoms. The summed E-state index contributed by atoms with van der Waals surface area (Å²) in [6.07, 6.45) is 3.71. The van der Waals surface area contributed by atoms with E-state index in [2.05, 4.69) is 10.2 Å². The van der Waals surface area contributed by atoms with Crippen LogP contribution in [0.1, 0.15) is 30.4 Å². The quantitative estimate of drug-likeness (QED) is 0.897. The fraction of sp³-hybridized carbons (Fsp3) is 0.562. The third-order valence-electron chi connectivity index (χ3n) is 4.07. The van der Waals surface area contributed by atoms with Crippen molar-refractivity contribution < 1.29 is 4.39 Å². The first kappa shape index (κ1) is 15.0. The first-order valence-electron chi connectivity index (χ1n) is 7.28. The van der Waals surface area contributed by atoms with Gasteiger partial charge in [0.05, 0.1) is 5.56 Å². The SMILES string of the molecule is CNCCC1CCN(Cc2ccc(F)c(C#N)c2)CC1. The molecule has 0 aromatic heterocycles. The molecule has 1 aliphatic rings. The van der Waals surface area contributed by atoms with Gasteiger partial charge < -0.3 is 5.32 Å². The van der Waals surface area contributed by atoms with Crippen molar-refractivity contribution in [3.63, 3.8) is 0 Å². The van der Waals surface area contributed by atoms with Crippen molar-refractivity contribution in [3.05, 3.63) is 35.1 Å². The van der Waals surface area contributed by atoms with Gasteiger partial charge in [-0.05, 0) is 69.6 Å². The number of likely N-dealkylation sites (tertiary alicyclic amines) is 1. The van der Waals surface area contributed by atoms with Gasteiger partial charge in [-0.2, -0.15) is 5.26 Å². The highest BCUT2D eigenvalue weighted by Gasteiger charge is 2.19. The number of rotatable bonds is 5. The van der Waals surface area contributed by atoms with Crippen molar-refractivity contribution in [2.45, 2.75) is 25.8 Å². The molecule has 0 aliphatic carbocycles. The van der Waals surface area contributed by atoms with Crippen molar-refractivity contribution in [1.29, 1.82) is 5.26 Å². The maximum atomic E-state index is 13.3. The number of nitrogens with zero attached hydrogens (tertiary/aromatic N) is 2. The molecule has 1 N–H and O–H groups in total. The van der Waals surface area contributed by atoms with Gasteiger partial charge in [0.15, 0.2) is 0 Å². The zero-order chi connectivity index (χ0) is 14.4. The van der Waals surface area contributed by atoms with E-state index in [0.29, 0.717) is 0 Å². The molecule has 1 aliphatic heterocycles. The fourth-order valence-corrected chi connectivity index (χ4v) is 2.80. The Morgan fingerprint density at radius 2 is 2.15 bits per heavy atom. The molecular formula is C16H22FN3. The largest absolute Gasteiger partial charge is 0.320 e. The molecule has 2 rings (SSSR count). The number of hydrogen-bond acceptors (Lipinski definition) is 3. The lowest BCUT2D eigenvalue weighted by Gasteiger charge is -2.32. The second kappa shape index (κ2) is 7.37. The Bertz CT molecular complexity index is 473. The molecule has 0 saturated carbocycles. The zero-order valence-electron chi connectivity index (χ0n) is 12.0. The van der Waals surface area contributed by atoms with Crippen LogP contribution in [0.15, 0.2) is 18.2 Å². The van der Waals surface area contributed by atoms with Crippen LogP contribution < -0.4 is 5.32 Å². The van der Waals surface area contributed by atoms with Gasteiger partial charge in [-0.3, -0.25) is 4.90 Å². The van der Waals surface area contributed by atoms with Gasteiger partial charge in [0.25, 0.3) is 0 Å². The minimum Gasteiger partial charge on any atom is -0.320 e. The van der Waals surface area contributed by atoms with Crippen LogP contribution in [-0.4, -0.2) is 31.6 Å². The van der Waals surface area contributed by atoms with E-state index < -0.39 is 5.82 Å². The molecule has 0 atom stereocenters. The molecule has 108 valence electrons. The van der Waals surface area contributed by atoms with Crippen LogP contribution in [0, 0.1) is 23.1 Å². The third-order valence-corrected chi connectivity index (χ3v) is 4.07. The maximum absolute atomic E-state index is 13.3. The Morgan fingerprint density at radius 1 is 1.40 bits per heavy atom. The lowest BCUT2D eigenvalue weighted by molar-refractivity contribution is 0.172. The van der Waals surface area contributed by atoms with E-state index in [9.17, 15) is 4.39 Å². The molecule has 3 nitrogen and oxygen atoms in total. The third kappa shape index (κ3) is 4.03. The number of nitriles is 1. The molecule has 0 unspecified atom stereocenters. The molecule has 1 aromatic rings. The Balaban J connectivity index is 1.85. The monoisotopic (exact) mass is 275 g/mol. The average molecular weight is 275 g/mol. The standard InChI is InChI=1S/C16H22FN3/c1-19-7-4-13-5-8-20(9-6-13)12-14-2-3-16(17)15(10-14)11-18/h2-3,10,13,19H,4-9,12H2,1H3. The summed E-state index contributed by atoms with van der Waals surface area (Å²) in [5.41, 5.74) is 1.17. The van der Waals surface area contributed by atoms with Crippen molar-refractivity contribution in [3.8, 4) is 6.07 Å². The fourth-order valence-electron chi connectivity index (χ4n) is 2.80. The van der Waals surface area contributed by atoms with Crippen LogP contribution in [0.3, 0.4) is 0 Å². The molecule has 1 fully saturated rings. The predicted molar refractivity (Wildman–Crippen MR) is 77.7 cm³/mol. The minimum atomic E-state index is -0.429. The maximum Gasteiger partial charge on any atom is 0.140 e. The van der Waals surface area contributed by atoms with Crippen LogP contribution >= 0.6 is 0 Å². The summed E-state index contributed by atoms with van der Waals surface area (Å²) in [6, 6.07) is 6.75. The Kier molecular flexibility index (Phi) is 5.51. The molecule has 1 aromatic carbocycles. The van der Waals surface area contributed by atoms with Gasteiger partial charge in [0.1, 0.15) is 11.9 Å². The molecular weight excluding hydrogens is 253 g/mol. The van der Waals surface area contributed by atoms with Gasteiger partial charge in [-0.1, -0.05) is 6.07 Å². The van der Waals surface area contributed by atoms with E-state index in [0.717, 1.165) is 37.7 Å². The second-order valence-corrected chi connectivity index (χ2v) is 5.54. The van der Waals surface area contributed by atoms with E-state index in [4.69, 9.17) is 5.26 Å². The van der Waals surface area contributed by atoms with E-state index in [1.807, 2.05) is 13.1 Å². The van der Waals surface area contributed by atoms with E-state index >= 15 is 0 Å². The van der Waals surface area contributed by atoms with Gasteiger partial charge in [-0.15, -0.1) is 0 Å². The van der Waals surface area contributed by atoms with Crippen LogP contribution in [-0.2, 0) is 6.54 Å². The molecule has 0 spiro atoms. The normalized spacial score (nSPS) is 17.1. The summed E-state index contributed by atoms with van der Waals surface area (Å²) in [5, 5.41) is 12.1. The topological polar surface area (TPSA) is 39.1 Å². The van der Waals surface area contributed by atoms with Crippen LogP contribution in [0.25, 0.3) is 0 Å². The van der Waals surface area contributed by atoms with E-state index in [1.54, 1.807) is 12.1 Å². The highest BCUT2D eigenvalue weighted by atomic mass is 19.1. The number of piperidine rings is 1. The van der Waals surface area contributed by atoms with Gasteiger partial charge in [0.2, 0.25) is 0 Å². The summed E-state index contributed by atoms with van der Waals surface area (Å²) < 4.78 is 13.3. The Hall–Kier alpha value is -1.44. The molecule has 1 heterocycles. The Labute approximate surface area is 120 Å². The number of hydrogen-bond donors (Lipinski definition) is 1. The van der Waals surface area contributed by atoms with Crippen molar-refractivity contribution in [1.82, 2.24) is 10.2 Å². The van der Waals surface area contributed by atoms with Crippen molar-refractivity contribution in [2.24, 2.45) is 5.92 Å². The van der Waals surface area contributed by atoms with Gasteiger partial charge in [-0.25, -0.2) is 4.39 Å². The van der Waals surface area contributed by atoms with Crippen molar-refractivity contribution >= 4 is 0 Å². The summed E-state index contributed by atoms with van der Waals surface area (Å²) >= 11 is 0. The summed E-state index contributed by atoms with van der Waals surface area (Å²) in [4.78, 5) is 2.39. The lowest BCUT2D eigenvalue weighted by Crippen LogP contribution is -2.34. The minimum absolute atomic E-state index is 0.145. The van der Waals surface area contributed by atoms with Crippen LogP contribution in [0.2, 0.25) is 0 Å².